The van der Waals surface area contributed by atoms with Gasteiger partial charge in [-0.05, 0) is 30.7 Å². The highest BCUT2D eigenvalue weighted by atomic mass is 16.5. The quantitative estimate of drug-likeness (QED) is 0.409. The molecule has 1 aromatic rings. The predicted molar refractivity (Wildman–Crippen MR) is 70.8 cm³/mol. The number of nitrogens with two attached hydrogens (primary N) is 2. The van der Waals surface area contributed by atoms with Crippen LogP contribution in [0.1, 0.15) is 12.5 Å². The average molecular weight is 250 g/mol. The van der Waals surface area contributed by atoms with Crippen molar-refractivity contribution < 1.29 is 14.6 Å². The largest absolute Gasteiger partial charge is 0.460 e. The Balaban J connectivity index is 2.54. The lowest BCUT2D eigenvalue weighted by atomic mass is 10.1. The molecule has 0 radical (unpaired) electrons. The smallest absolute Gasteiger partial charge is 0.333 e. The van der Waals surface area contributed by atoms with Gasteiger partial charge in [0.15, 0.2) is 0 Å². The monoisotopic (exact) mass is 250 g/mol. The zero-order valence-electron chi connectivity index (χ0n) is 10.3. The second-order valence-electron chi connectivity index (χ2n) is 4.19. The van der Waals surface area contributed by atoms with Gasteiger partial charge in [0.1, 0.15) is 6.61 Å². The molecule has 0 aliphatic heterocycles. The normalized spacial score (nSPS) is 11.9. The van der Waals surface area contributed by atoms with Gasteiger partial charge in [-0.25, -0.2) is 4.79 Å². The first-order chi connectivity index (χ1) is 8.40. The van der Waals surface area contributed by atoms with E-state index >= 15 is 0 Å². The van der Waals surface area contributed by atoms with Gasteiger partial charge in [0.05, 0.1) is 6.10 Å². The summed E-state index contributed by atoms with van der Waals surface area (Å²) in [4.78, 5) is 11.1. The van der Waals surface area contributed by atoms with Crippen molar-refractivity contribution >= 4 is 17.3 Å². The third kappa shape index (κ3) is 4.10. The Kier molecular flexibility index (Phi) is 4.74. The number of aliphatic hydroxyl groups excluding tert-OH is 1. The van der Waals surface area contributed by atoms with Crippen molar-refractivity contribution in [3.05, 3.63) is 35.9 Å². The first-order valence-electron chi connectivity index (χ1n) is 5.54. The van der Waals surface area contributed by atoms with Crippen molar-refractivity contribution in [2.75, 3.05) is 18.1 Å². The standard InChI is InChI=1S/C13H18N2O3/c1-8(2)13(17)18-7-11(16)6-9-5-10(14)3-4-12(9)15/h3-5,11,16H,1,6-7,14-15H2,2H3. The maximum Gasteiger partial charge on any atom is 0.333 e. The van der Waals surface area contributed by atoms with E-state index in [2.05, 4.69) is 6.58 Å². The van der Waals surface area contributed by atoms with Crippen molar-refractivity contribution in [1.82, 2.24) is 0 Å². The Morgan fingerprint density at radius 3 is 2.78 bits per heavy atom. The number of benzene rings is 1. The minimum Gasteiger partial charge on any atom is -0.460 e. The molecule has 5 N–H and O–H groups in total. The van der Waals surface area contributed by atoms with E-state index in [4.69, 9.17) is 16.2 Å². The molecule has 0 saturated heterocycles. The maximum atomic E-state index is 11.1. The second kappa shape index (κ2) is 6.07. The van der Waals surface area contributed by atoms with E-state index in [0.717, 1.165) is 5.56 Å². The van der Waals surface area contributed by atoms with Crippen LogP contribution in [0.15, 0.2) is 30.4 Å². The van der Waals surface area contributed by atoms with Crippen LogP contribution < -0.4 is 11.5 Å². The molecule has 0 aromatic heterocycles. The number of carbonyl (C=O) groups is 1. The molecule has 0 bridgehead atoms. The van der Waals surface area contributed by atoms with E-state index in [9.17, 15) is 9.90 Å². The minimum atomic E-state index is -0.822. The number of hydrogen-bond acceptors (Lipinski definition) is 5. The zero-order valence-corrected chi connectivity index (χ0v) is 10.3. The Labute approximate surface area is 106 Å². The lowest BCUT2D eigenvalue weighted by molar-refractivity contribution is -0.141. The average Bonchev–Trinajstić information content (AvgIpc) is 2.30. The molecule has 5 heteroatoms. The van der Waals surface area contributed by atoms with E-state index in [1.54, 1.807) is 25.1 Å². The fraction of sp³-hybridized carbons (Fsp3) is 0.308. The summed E-state index contributed by atoms with van der Waals surface area (Å²) in [5.41, 5.74) is 13.5. The van der Waals surface area contributed by atoms with Crippen LogP contribution in [0.4, 0.5) is 11.4 Å². The summed E-state index contributed by atoms with van der Waals surface area (Å²) < 4.78 is 4.85. The molecule has 0 amide bonds. The molecule has 1 aromatic carbocycles. The zero-order chi connectivity index (χ0) is 13.7. The van der Waals surface area contributed by atoms with E-state index in [-0.39, 0.29) is 13.0 Å². The van der Waals surface area contributed by atoms with E-state index in [1.807, 2.05) is 0 Å². The van der Waals surface area contributed by atoms with Crippen LogP contribution in [0.5, 0.6) is 0 Å². The first-order valence-corrected chi connectivity index (χ1v) is 5.54. The van der Waals surface area contributed by atoms with Crippen molar-refractivity contribution in [3.63, 3.8) is 0 Å². The Morgan fingerprint density at radius 1 is 1.50 bits per heavy atom. The van der Waals surface area contributed by atoms with Crippen molar-refractivity contribution in [3.8, 4) is 0 Å². The molecule has 1 rings (SSSR count). The lowest BCUT2D eigenvalue weighted by Crippen LogP contribution is -2.21. The molecule has 0 aliphatic carbocycles. The van der Waals surface area contributed by atoms with Crippen LogP contribution in [0.3, 0.4) is 0 Å². The van der Waals surface area contributed by atoms with Crippen molar-refractivity contribution in [2.24, 2.45) is 0 Å². The maximum absolute atomic E-state index is 11.1. The molecule has 1 atom stereocenters. The van der Waals surface area contributed by atoms with Crippen LogP contribution in [-0.2, 0) is 16.0 Å². The van der Waals surface area contributed by atoms with Crippen LogP contribution in [0, 0.1) is 0 Å². The molecule has 0 heterocycles. The molecule has 0 aliphatic rings. The van der Waals surface area contributed by atoms with Gasteiger partial charge in [-0.1, -0.05) is 6.58 Å². The van der Waals surface area contributed by atoms with Crippen LogP contribution >= 0.6 is 0 Å². The fourth-order valence-electron chi connectivity index (χ4n) is 1.41. The van der Waals surface area contributed by atoms with Gasteiger partial charge in [0.2, 0.25) is 0 Å². The van der Waals surface area contributed by atoms with E-state index in [1.165, 1.54) is 0 Å². The summed E-state index contributed by atoms with van der Waals surface area (Å²) in [6.07, 6.45) is -0.544. The summed E-state index contributed by atoms with van der Waals surface area (Å²) in [5.74, 6) is -0.519. The minimum absolute atomic E-state index is 0.0973. The Morgan fingerprint density at radius 2 is 2.17 bits per heavy atom. The fourth-order valence-corrected chi connectivity index (χ4v) is 1.41. The van der Waals surface area contributed by atoms with Gasteiger partial charge in [-0.15, -0.1) is 0 Å². The molecule has 98 valence electrons. The molecule has 18 heavy (non-hydrogen) atoms. The number of esters is 1. The van der Waals surface area contributed by atoms with Gasteiger partial charge in [-0.3, -0.25) is 0 Å². The van der Waals surface area contributed by atoms with Gasteiger partial charge in [0, 0.05) is 23.4 Å². The van der Waals surface area contributed by atoms with Gasteiger partial charge in [0.25, 0.3) is 0 Å². The summed E-state index contributed by atoms with van der Waals surface area (Å²) >= 11 is 0. The number of ether oxygens (including phenoxy) is 1. The molecular formula is C13H18N2O3. The van der Waals surface area contributed by atoms with Crippen molar-refractivity contribution in [2.45, 2.75) is 19.4 Å². The summed E-state index contributed by atoms with van der Waals surface area (Å²) in [7, 11) is 0. The number of nitrogen functional groups attached to an aromatic ring is 2. The third-order valence-electron chi connectivity index (χ3n) is 2.38. The van der Waals surface area contributed by atoms with Crippen LogP contribution in [0.25, 0.3) is 0 Å². The van der Waals surface area contributed by atoms with Gasteiger partial charge in [-0.2, -0.15) is 0 Å². The topological polar surface area (TPSA) is 98.6 Å². The molecule has 0 saturated carbocycles. The van der Waals surface area contributed by atoms with Gasteiger partial charge >= 0.3 is 5.97 Å². The summed E-state index contributed by atoms with van der Waals surface area (Å²) in [6.45, 7) is 4.90. The predicted octanol–water partition coefficient (Wildman–Crippen LogP) is 0.874. The second-order valence-corrected chi connectivity index (χ2v) is 4.19. The Bertz CT molecular complexity index is 458. The highest BCUT2D eigenvalue weighted by molar-refractivity contribution is 5.86. The third-order valence-corrected chi connectivity index (χ3v) is 2.38. The van der Waals surface area contributed by atoms with Gasteiger partial charge < -0.3 is 21.3 Å². The molecule has 0 spiro atoms. The molecular weight excluding hydrogens is 232 g/mol. The highest BCUT2D eigenvalue weighted by Gasteiger charge is 2.12. The van der Waals surface area contributed by atoms with Crippen LogP contribution in [0.2, 0.25) is 0 Å². The number of aliphatic hydroxyl groups is 1. The Hall–Kier alpha value is -2.01. The summed E-state index contributed by atoms with van der Waals surface area (Å²) in [6, 6.07) is 5.06. The molecule has 5 nitrogen and oxygen atoms in total. The number of hydrogen-bond donors (Lipinski definition) is 3. The number of anilines is 2. The van der Waals surface area contributed by atoms with Crippen molar-refractivity contribution in [1.29, 1.82) is 0 Å². The van der Waals surface area contributed by atoms with Crippen LogP contribution in [-0.4, -0.2) is 23.8 Å². The SMILES string of the molecule is C=C(C)C(=O)OCC(O)Cc1cc(N)ccc1N. The number of rotatable bonds is 5. The summed E-state index contributed by atoms with van der Waals surface area (Å²) in [5, 5.41) is 9.75. The van der Waals surface area contributed by atoms with E-state index < -0.39 is 12.1 Å². The molecule has 0 fully saturated rings. The highest BCUT2D eigenvalue weighted by Crippen LogP contribution is 2.17. The lowest BCUT2D eigenvalue weighted by Gasteiger charge is -2.13. The number of carbonyl (C=O) groups excluding carboxylic acids is 1. The molecule has 1 unspecified atom stereocenters. The first kappa shape index (κ1) is 14.1. The van der Waals surface area contributed by atoms with E-state index in [0.29, 0.717) is 16.9 Å².